The summed E-state index contributed by atoms with van der Waals surface area (Å²) in [6.45, 7) is 0. The van der Waals surface area contributed by atoms with Gasteiger partial charge in [0.25, 0.3) is 0 Å². The number of halogens is 1. The average Bonchev–Trinajstić information content (AvgIpc) is 2.97. The molecule has 2 aliphatic rings. The van der Waals surface area contributed by atoms with E-state index in [0.717, 1.165) is 0 Å². The van der Waals surface area contributed by atoms with Crippen LogP contribution in [0.5, 0.6) is 0 Å². The van der Waals surface area contributed by atoms with Gasteiger partial charge in [0.1, 0.15) is 0 Å². The minimum Gasteiger partial charge on any atom is -0.307 e. The summed E-state index contributed by atoms with van der Waals surface area (Å²) in [5.41, 5.74) is 4.64. The molecule has 2 aromatic rings. The van der Waals surface area contributed by atoms with Crippen LogP contribution in [0.3, 0.4) is 0 Å². The second-order valence-electron chi connectivity index (χ2n) is 6.26. The Morgan fingerprint density at radius 3 is 3.00 bits per heavy atom. The lowest BCUT2D eigenvalue weighted by Crippen LogP contribution is -2.38. The Kier molecular flexibility index (Phi) is 3.91. The Morgan fingerprint density at radius 1 is 1.10 bits per heavy atom. The van der Waals surface area contributed by atoms with Crippen molar-refractivity contribution in [1.82, 2.24) is 5.32 Å². The lowest BCUT2D eigenvalue weighted by molar-refractivity contribution is 0.369. The minimum atomic E-state index is 0.585. The van der Waals surface area contributed by atoms with E-state index in [4.69, 9.17) is 0 Å². The number of rotatable bonds is 2. The molecule has 0 aliphatic heterocycles. The van der Waals surface area contributed by atoms with Crippen LogP contribution in [0, 0.1) is 0 Å². The summed E-state index contributed by atoms with van der Waals surface area (Å²) in [5, 5.41) is 6.21. The van der Waals surface area contributed by atoms with Gasteiger partial charge in [-0.15, -0.1) is 11.3 Å². The highest BCUT2D eigenvalue weighted by Crippen LogP contribution is 2.34. The number of fused-ring (bicyclic) bond motifs is 2. The van der Waals surface area contributed by atoms with Crippen molar-refractivity contribution in [1.29, 1.82) is 0 Å². The van der Waals surface area contributed by atoms with Crippen molar-refractivity contribution < 1.29 is 0 Å². The van der Waals surface area contributed by atoms with E-state index < -0.39 is 0 Å². The van der Waals surface area contributed by atoms with Crippen LogP contribution in [0.25, 0.3) is 0 Å². The van der Waals surface area contributed by atoms with E-state index in [9.17, 15) is 0 Å². The molecule has 0 saturated carbocycles. The van der Waals surface area contributed by atoms with Gasteiger partial charge < -0.3 is 5.32 Å². The fraction of sp³-hybridized carbons (Fsp3) is 0.444. The van der Waals surface area contributed by atoms with Gasteiger partial charge in [-0.1, -0.05) is 22.0 Å². The summed E-state index contributed by atoms with van der Waals surface area (Å²) in [6.07, 6.45) is 7.56. The van der Waals surface area contributed by atoms with Gasteiger partial charge in [0.05, 0.1) is 0 Å². The molecule has 4 rings (SSSR count). The molecule has 1 aromatic heterocycles. The molecule has 1 heterocycles. The van der Waals surface area contributed by atoms with Crippen molar-refractivity contribution in [2.45, 2.75) is 50.6 Å². The van der Waals surface area contributed by atoms with Gasteiger partial charge in [-0.25, -0.2) is 0 Å². The Balaban J connectivity index is 1.49. The molecule has 0 bridgehead atoms. The van der Waals surface area contributed by atoms with E-state index in [1.54, 1.807) is 10.4 Å². The first-order chi connectivity index (χ1) is 10.3. The van der Waals surface area contributed by atoms with Crippen LogP contribution >= 0.6 is 27.3 Å². The average molecular weight is 362 g/mol. The van der Waals surface area contributed by atoms with E-state index in [-0.39, 0.29) is 0 Å². The van der Waals surface area contributed by atoms with Crippen LogP contribution in [-0.4, -0.2) is 6.04 Å². The highest BCUT2D eigenvalue weighted by molar-refractivity contribution is 9.10. The predicted octanol–water partition coefficient (Wildman–Crippen LogP) is 5.04. The van der Waals surface area contributed by atoms with Crippen molar-refractivity contribution in [2.75, 3.05) is 0 Å². The number of hydrogen-bond acceptors (Lipinski definition) is 2. The molecular weight excluding hydrogens is 342 g/mol. The summed E-state index contributed by atoms with van der Waals surface area (Å²) in [4.78, 5) is 1.61. The molecule has 1 aromatic carbocycles. The number of hydrogen-bond donors (Lipinski definition) is 1. The van der Waals surface area contributed by atoms with Gasteiger partial charge >= 0.3 is 0 Å². The maximum atomic E-state index is 3.95. The van der Waals surface area contributed by atoms with E-state index in [0.29, 0.717) is 12.1 Å². The summed E-state index contributed by atoms with van der Waals surface area (Å²) < 4.78 is 1.21. The molecule has 0 spiro atoms. The largest absolute Gasteiger partial charge is 0.307 e. The first-order valence-corrected chi connectivity index (χ1v) is 9.56. The Labute approximate surface area is 138 Å². The smallest absolute Gasteiger partial charge is 0.0333 e. The molecule has 0 fully saturated rings. The zero-order valence-electron chi connectivity index (χ0n) is 12.1. The fourth-order valence-corrected chi connectivity index (χ4v) is 5.21. The summed E-state index contributed by atoms with van der Waals surface area (Å²) >= 11 is 5.52. The standard InChI is InChI=1S/C18H20BrNS/c19-14-6-4-13-11-15(7-5-12(13)10-14)20-17-2-1-3-18-16(17)8-9-21-18/h4,6,8-10,15,17,20H,1-3,5,7,11H2. The maximum absolute atomic E-state index is 3.95. The SMILES string of the molecule is Brc1ccc2c(c1)CCC(NC1CCCc3sccc31)C2. The minimum absolute atomic E-state index is 0.585. The lowest BCUT2D eigenvalue weighted by Gasteiger charge is -2.32. The first-order valence-electron chi connectivity index (χ1n) is 7.89. The van der Waals surface area contributed by atoms with E-state index in [1.807, 2.05) is 11.3 Å². The van der Waals surface area contributed by atoms with E-state index in [2.05, 4.69) is 50.9 Å². The van der Waals surface area contributed by atoms with Crippen molar-refractivity contribution in [3.8, 4) is 0 Å². The molecule has 1 nitrogen and oxygen atoms in total. The highest BCUT2D eigenvalue weighted by atomic mass is 79.9. The first kappa shape index (κ1) is 14.0. The van der Waals surface area contributed by atoms with Gasteiger partial charge in [-0.2, -0.15) is 0 Å². The second kappa shape index (κ2) is 5.86. The van der Waals surface area contributed by atoms with Gasteiger partial charge in [0.15, 0.2) is 0 Å². The van der Waals surface area contributed by atoms with E-state index in [1.165, 1.54) is 54.1 Å². The van der Waals surface area contributed by atoms with Gasteiger partial charge in [0, 0.05) is 21.4 Å². The van der Waals surface area contributed by atoms with Gasteiger partial charge in [-0.3, -0.25) is 0 Å². The Hall–Kier alpha value is -0.640. The van der Waals surface area contributed by atoms with Crippen LogP contribution < -0.4 is 5.32 Å². The molecule has 0 amide bonds. The van der Waals surface area contributed by atoms with Crippen LogP contribution in [0.1, 0.15) is 46.9 Å². The Bertz CT molecular complexity index is 648. The predicted molar refractivity (Wildman–Crippen MR) is 93.1 cm³/mol. The molecule has 2 atom stereocenters. The monoisotopic (exact) mass is 361 g/mol. The normalized spacial score (nSPS) is 24.4. The van der Waals surface area contributed by atoms with Crippen molar-refractivity contribution in [2.24, 2.45) is 0 Å². The molecule has 0 radical (unpaired) electrons. The highest BCUT2D eigenvalue weighted by Gasteiger charge is 2.25. The van der Waals surface area contributed by atoms with Gasteiger partial charge in [-0.05, 0) is 78.8 Å². The summed E-state index contributed by atoms with van der Waals surface area (Å²) in [7, 11) is 0. The fourth-order valence-electron chi connectivity index (χ4n) is 3.81. The molecule has 3 heteroatoms. The number of benzene rings is 1. The number of aryl methyl sites for hydroxylation is 2. The topological polar surface area (TPSA) is 12.0 Å². The number of thiophene rings is 1. The second-order valence-corrected chi connectivity index (χ2v) is 8.18. The molecule has 2 unspecified atom stereocenters. The molecule has 110 valence electrons. The molecule has 1 N–H and O–H groups in total. The summed E-state index contributed by atoms with van der Waals surface area (Å²) in [5.74, 6) is 0. The van der Waals surface area contributed by atoms with Crippen LogP contribution in [0.15, 0.2) is 34.1 Å². The molecule has 2 aliphatic carbocycles. The third-order valence-corrected chi connectivity index (χ3v) is 6.38. The number of nitrogens with one attached hydrogen (secondary N) is 1. The molecule has 0 saturated heterocycles. The maximum Gasteiger partial charge on any atom is 0.0333 e. The Morgan fingerprint density at radius 2 is 2.05 bits per heavy atom. The quantitative estimate of drug-likeness (QED) is 0.790. The van der Waals surface area contributed by atoms with Crippen molar-refractivity contribution in [3.63, 3.8) is 0 Å². The van der Waals surface area contributed by atoms with Crippen LogP contribution in [-0.2, 0) is 19.3 Å². The zero-order valence-corrected chi connectivity index (χ0v) is 14.5. The molecular formula is C18H20BrNS. The summed E-state index contributed by atoms with van der Waals surface area (Å²) in [6, 6.07) is 10.3. The van der Waals surface area contributed by atoms with Crippen molar-refractivity contribution >= 4 is 27.3 Å². The molecule has 21 heavy (non-hydrogen) atoms. The third kappa shape index (κ3) is 2.84. The van der Waals surface area contributed by atoms with Crippen molar-refractivity contribution in [3.05, 3.63) is 55.7 Å². The zero-order chi connectivity index (χ0) is 14.2. The van der Waals surface area contributed by atoms with Crippen LogP contribution in [0.2, 0.25) is 0 Å². The lowest BCUT2D eigenvalue weighted by atomic mass is 9.86. The van der Waals surface area contributed by atoms with E-state index >= 15 is 0 Å². The van der Waals surface area contributed by atoms with Crippen LogP contribution in [0.4, 0.5) is 0 Å². The van der Waals surface area contributed by atoms with Gasteiger partial charge in [0.2, 0.25) is 0 Å². The third-order valence-electron chi connectivity index (χ3n) is 4.89.